The van der Waals surface area contributed by atoms with Crippen molar-refractivity contribution in [3.05, 3.63) is 30.1 Å². The Labute approximate surface area is 99.0 Å². The number of ether oxygens (including phenoxy) is 1. The zero-order valence-electron chi connectivity index (χ0n) is 10.7. The van der Waals surface area contributed by atoms with Crippen molar-refractivity contribution in [3.63, 3.8) is 0 Å². The largest absolute Gasteiger partial charge is 0.376 e. The van der Waals surface area contributed by atoms with E-state index in [1.807, 2.05) is 18.5 Å². The lowest BCUT2D eigenvalue weighted by atomic mass is 10.1. The summed E-state index contributed by atoms with van der Waals surface area (Å²) in [4.78, 5) is 4.11. The van der Waals surface area contributed by atoms with Gasteiger partial charge in [-0.1, -0.05) is 12.5 Å². The van der Waals surface area contributed by atoms with Crippen LogP contribution in [0.15, 0.2) is 24.5 Å². The van der Waals surface area contributed by atoms with E-state index in [0.29, 0.717) is 0 Å². The summed E-state index contributed by atoms with van der Waals surface area (Å²) in [6.07, 6.45) is 8.50. The molecule has 0 amide bonds. The van der Waals surface area contributed by atoms with Gasteiger partial charge < -0.3 is 4.74 Å². The number of aryl methyl sites for hydroxylation is 1. The minimum atomic E-state index is 0.00332. The average Bonchev–Trinajstić information content (AvgIpc) is 2.23. The van der Waals surface area contributed by atoms with Crippen LogP contribution in [0.25, 0.3) is 0 Å². The Bertz CT molecular complexity index is 277. The van der Waals surface area contributed by atoms with E-state index in [9.17, 15) is 0 Å². The molecule has 0 aliphatic heterocycles. The lowest BCUT2D eigenvalue weighted by Gasteiger charge is -2.19. The van der Waals surface area contributed by atoms with E-state index in [1.54, 1.807) is 0 Å². The van der Waals surface area contributed by atoms with Crippen molar-refractivity contribution in [1.82, 2.24) is 4.98 Å². The summed E-state index contributed by atoms with van der Waals surface area (Å²) in [6.45, 7) is 7.17. The normalized spacial score (nSPS) is 11.7. The molecule has 0 N–H and O–H groups in total. The van der Waals surface area contributed by atoms with E-state index in [-0.39, 0.29) is 5.60 Å². The maximum atomic E-state index is 5.67. The molecule has 1 aromatic heterocycles. The standard InChI is InChI=1S/C14H23NO/c1-14(2,3)16-11-6-4-5-8-13-9-7-10-15-12-13/h7,9-10,12H,4-6,8,11H2,1-3H3. The average molecular weight is 221 g/mol. The Morgan fingerprint density at radius 1 is 1.19 bits per heavy atom. The summed E-state index contributed by atoms with van der Waals surface area (Å²) in [7, 11) is 0. The van der Waals surface area contributed by atoms with Crippen LogP contribution >= 0.6 is 0 Å². The van der Waals surface area contributed by atoms with Crippen LogP contribution in [0.3, 0.4) is 0 Å². The Morgan fingerprint density at radius 3 is 2.62 bits per heavy atom. The van der Waals surface area contributed by atoms with Gasteiger partial charge in [0, 0.05) is 19.0 Å². The molecule has 0 aromatic carbocycles. The van der Waals surface area contributed by atoms with Gasteiger partial charge in [-0.25, -0.2) is 0 Å². The predicted octanol–water partition coefficient (Wildman–Crippen LogP) is 3.61. The van der Waals surface area contributed by atoms with Crippen LogP contribution in [0.2, 0.25) is 0 Å². The van der Waals surface area contributed by atoms with Gasteiger partial charge in [0.05, 0.1) is 5.60 Å². The van der Waals surface area contributed by atoms with Crippen LogP contribution in [0, 0.1) is 0 Å². The van der Waals surface area contributed by atoms with Gasteiger partial charge in [-0.2, -0.15) is 0 Å². The molecular weight excluding hydrogens is 198 g/mol. The molecule has 0 unspecified atom stereocenters. The Morgan fingerprint density at radius 2 is 2.00 bits per heavy atom. The molecule has 0 radical (unpaired) electrons. The third-order valence-corrected chi connectivity index (χ3v) is 2.37. The number of pyridine rings is 1. The van der Waals surface area contributed by atoms with Gasteiger partial charge in [0.1, 0.15) is 0 Å². The molecule has 1 heterocycles. The van der Waals surface area contributed by atoms with Crippen molar-refractivity contribution >= 4 is 0 Å². The molecule has 0 fully saturated rings. The number of rotatable bonds is 6. The fourth-order valence-electron chi connectivity index (χ4n) is 1.53. The van der Waals surface area contributed by atoms with Crippen molar-refractivity contribution < 1.29 is 4.74 Å². The summed E-state index contributed by atoms with van der Waals surface area (Å²) in [5.41, 5.74) is 1.34. The quantitative estimate of drug-likeness (QED) is 0.685. The van der Waals surface area contributed by atoms with Crippen LogP contribution in [-0.2, 0) is 11.2 Å². The number of unbranched alkanes of at least 4 members (excludes halogenated alkanes) is 2. The maximum Gasteiger partial charge on any atom is 0.0598 e. The number of aromatic nitrogens is 1. The fraction of sp³-hybridized carbons (Fsp3) is 0.643. The fourth-order valence-corrected chi connectivity index (χ4v) is 1.53. The summed E-state index contributed by atoms with van der Waals surface area (Å²) in [5, 5.41) is 0. The first-order chi connectivity index (χ1) is 7.58. The Hall–Kier alpha value is -0.890. The second-order valence-electron chi connectivity index (χ2n) is 5.13. The molecule has 1 rings (SSSR count). The van der Waals surface area contributed by atoms with Crippen molar-refractivity contribution in [2.24, 2.45) is 0 Å². The molecule has 0 aliphatic rings. The minimum absolute atomic E-state index is 0.00332. The van der Waals surface area contributed by atoms with Gasteiger partial charge in [0.15, 0.2) is 0 Å². The van der Waals surface area contributed by atoms with Gasteiger partial charge in [0.2, 0.25) is 0 Å². The highest BCUT2D eigenvalue weighted by Gasteiger charge is 2.08. The van der Waals surface area contributed by atoms with E-state index in [1.165, 1.54) is 18.4 Å². The molecule has 0 bridgehead atoms. The van der Waals surface area contributed by atoms with Crippen LogP contribution in [-0.4, -0.2) is 17.2 Å². The first-order valence-electron chi connectivity index (χ1n) is 6.11. The van der Waals surface area contributed by atoms with E-state index in [0.717, 1.165) is 19.4 Å². The molecule has 0 saturated carbocycles. The molecule has 0 saturated heterocycles. The highest BCUT2D eigenvalue weighted by Crippen LogP contribution is 2.09. The molecule has 16 heavy (non-hydrogen) atoms. The second kappa shape index (κ2) is 6.64. The molecule has 0 spiro atoms. The van der Waals surface area contributed by atoms with Crippen LogP contribution in [0.5, 0.6) is 0 Å². The molecule has 1 aromatic rings. The zero-order valence-corrected chi connectivity index (χ0v) is 10.7. The predicted molar refractivity (Wildman–Crippen MR) is 67.5 cm³/mol. The molecule has 0 aliphatic carbocycles. The smallest absolute Gasteiger partial charge is 0.0598 e. The van der Waals surface area contributed by atoms with Crippen LogP contribution in [0.4, 0.5) is 0 Å². The second-order valence-corrected chi connectivity index (χ2v) is 5.13. The molecule has 2 heteroatoms. The number of hydrogen-bond donors (Lipinski definition) is 0. The summed E-state index contributed by atoms with van der Waals surface area (Å²) in [5.74, 6) is 0. The summed E-state index contributed by atoms with van der Waals surface area (Å²) in [6, 6.07) is 4.14. The van der Waals surface area contributed by atoms with Crippen molar-refractivity contribution in [3.8, 4) is 0 Å². The van der Waals surface area contributed by atoms with Gasteiger partial charge >= 0.3 is 0 Å². The molecule has 90 valence electrons. The topological polar surface area (TPSA) is 22.1 Å². The highest BCUT2D eigenvalue weighted by molar-refractivity contribution is 5.08. The van der Waals surface area contributed by atoms with Crippen LogP contribution in [0.1, 0.15) is 45.6 Å². The van der Waals surface area contributed by atoms with Gasteiger partial charge in [-0.15, -0.1) is 0 Å². The highest BCUT2D eigenvalue weighted by atomic mass is 16.5. The van der Waals surface area contributed by atoms with Crippen molar-refractivity contribution in [2.45, 2.75) is 52.1 Å². The monoisotopic (exact) mass is 221 g/mol. The molecular formula is C14H23NO. The summed E-state index contributed by atoms with van der Waals surface area (Å²) < 4.78 is 5.67. The first kappa shape index (κ1) is 13.2. The van der Waals surface area contributed by atoms with Crippen molar-refractivity contribution in [1.29, 1.82) is 0 Å². The SMILES string of the molecule is CC(C)(C)OCCCCCc1cccnc1. The number of hydrogen-bond acceptors (Lipinski definition) is 2. The third kappa shape index (κ3) is 6.57. The Balaban J connectivity index is 2.01. The van der Waals surface area contributed by atoms with Crippen LogP contribution < -0.4 is 0 Å². The van der Waals surface area contributed by atoms with E-state index < -0.39 is 0 Å². The third-order valence-electron chi connectivity index (χ3n) is 2.37. The molecule has 0 atom stereocenters. The van der Waals surface area contributed by atoms with Crippen molar-refractivity contribution in [2.75, 3.05) is 6.61 Å². The molecule has 2 nitrogen and oxygen atoms in total. The van der Waals surface area contributed by atoms with Gasteiger partial charge in [0.25, 0.3) is 0 Å². The maximum absolute atomic E-state index is 5.67. The number of nitrogens with zero attached hydrogens (tertiary/aromatic N) is 1. The lowest BCUT2D eigenvalue weighted by Crippen LogP contribution is -2.19. The van der Waals surface area contributed by atoms with E-state index in [4.69, 9.17) is 4.74 Å². The lowest BCUT2D eigenvalue weighted by molar-refractivity contribution is -0.00469. The van der Waals surface area contributed by atoms with E-state index >= 15 is 0 Å². The first-order valence-corrected chi connectivity index (χ1v) is 6.11. The minimum Gasteiger partial charge on any atom is -0.376 e. The van der Waals surface area contributed by atoms with Gasteiger partial charge in [-0.3, -0.25) is 4.98 Å². The zero-order chi connectivity index (χ0) is 11.9. The van der Waals surface area contributed by atoms with E-state index in [2.05, 4.69) is 31.8 Å². The Kier molecular flexibility index (Phi) is 5.47. The van der Waals surface area contributed by atoms with Gasteiger partial charge in [-0.05, 0) is 51.7 Å². The summed E-state index contributed by atoms with van der Waals surface area (Å²) >= 11 is 0.